The van der Waals surface area contributed by atoms with Crippen LogP contribution in [0.1, 0.15) is 30.5 Å². The fraction of sp³-hybridized carbons (Fsp3) is 0.200. The van der Waals surface area contributed by atoms with Gasteiger partial charge in [0.25, 0.3) is 0 Å². The number of carbonyl (C=O) groups excluding carboxylic acids is 1. The Morgan fingerprint density at radius 1 is 1.23 bits per heavy atom. The van der Waals surface area contributed by atoms with Crippen LogP contribution in [-0.4, -0.2) is 15.5 Å². The molecule has 0 aliphatic carbocycles. The number of hydrogen-bond donors (Lipinski definition) is 2. The van der Waals surface area contributed by atoms with Crippen molar-refractivity contribution in [2.75, 3.05) is 5.32 Å². The Bertz CT molecular complexity index is 990. The van der Waals surface area contributed by atoms with Crippen LogP contribution in [0.25, 0.3) is 5.69 Å². The summed E-state index contributed by atoms with van der Waals surface area (Å²) in [6.07, 6.45) is 1.87. The summed E-state index contributed by atoms with van der Waals surface area (Å²) in [6, 6.07) is 13.4. The van der Waals surface area contributed by atoms with E-state index >= 15 is 0 Å². The summed E-state index contributed by atoms with van der Waals surface area (Å²) >= 11 is 0. The van der Waals surface area contributed by atoms with Crippen LogP contribution in [0.4, 0.5) is 10.1 Å². The highest BCUT2D eigenvalue weighted by molar-refractivity contribution is 5.91. The van der Waals surface area contributed by atoms with Gasteiger partial charge in [-0.25, -0.2) is 9.18 Å². The fourth-order valence-electron chi connectivity index (χ4n) is 2.92. The molecule has 0 bridgehead atoms. The fourth-order valence-corrected chi connectivity index (χ4v) is 2.92. The van der Waals surface area contributed by atoms with E-state index in [2.05, 4.69) is 10.3 Å². The van der Waals surface area contributed by atoms with Crippen molar-refractivity contribution in [2.24, 2.45) is 0 Å². The summed E-state index contributed by atoms with van der Waals surface area (Å²) in [5.74, 6) is -0.588. The highest BCUT2D eigenvalue weighted by Crippen LogP contribution is 2.21. The molecule has 1 heterocycles. The molecule has 134 valence electrons. The third-order valence-corrected chi connectivity index (χ3v) is 4.26. The zero-order valence-electron chi connectivity index (χ0n) is 14.6. The monoisotopic (exact) mass is 353 g/mol. The summed E-state index contributed by atoms with van der Waals surface area (Å²) in [5.41, 5.74) is 2.60. The van der Waals surface area contributed by atoms with Gasteiger partial charge < -0.3 is 10.3 Å². The van der Waals surface area contributed by atoms with Crippen molar-refractivity contribution < 1.29 is 9.18 Å². The number of H-pyrrole nitrogens is 1. The number of aromatic nitrogens is 2. The van der Waals surface area contributed by atoms with E-state index in [1.807, 2.05) is 19.9 Å². The first-order valence-electron chi connectivity index (χ1n) is 8.37. The van der Waals surface area contributed by atoms with Gasteiger partial charge in [-0.2, -0.15) is 0 Å². The number of carbonyl (C=O) groups is 1. The van der Waals surface area contributed by atoms with Gasteiger partial charge in [0.05, 0.1) is 5.69 Å². The van der Waals surface area contributed by atoms with Gasteiger partial charge in [0.15, 0.2) is 0 Å². The van der Waals surface area contributed by atoms with E-state index in [4.69, 9.17) is 0 Å². The van der Waals surface area contributed by atoms with E-state index < -0.39 is 0 Å². The van der Waals surface area contributed by atoms with E-state index in [1.54, 1.807) is 36.5 Å². The number of amides is 1. The molecule has 0 radical (unpaired) electrons. The van der Waals surface area contributed by atoms with Crippen molar-refractivity contribution in [3.8, 4) is 5.69 Å². The molecule has 5 nitrogen and oxygen atoms in total. The molecule has 3 aromatic rings. The molecule has 26 heavy (non-hydrogen) atoms. The van der Waals surface area contributed by atoms with E-state index in [0.717, 1.165) is 11.3 Å². The maximum Gasteiger partial charge on any atom is 0.330 e. The zero-order valence-corrected chi connectivity index (χ0v) is 14.6. The lowest BCUT2D eigenvalue weighted by atomic mass is 9.97. The Morgan fingerprint density at radius 2 is 2.00 bits per heavy atom. The number of aryl methyl sites for hydroxylation is 1. The number of rotatable bonds is 5. The smallest absolute Gasteiger partial charge is 0.326 e. The molecule has 6 heteroatoms. The second kappa shape index (κ2) is 7.39. The van der Waals surface area contributed by atoms with Crippen molar-refractivity contribution in [1.29, 1.82) is 0 Å². The minimum Gasteiger partial charge on any atom is -0.326 e. The van der Waals surface area contributed by atoms with Gasteiger partial charge in [-0.15, -0.1) is 0 Å². The molecule has 0 saturated heterocycles. The molecule has 3 rings (SSSR count). The molecule has 1 atom stereocenters. The Labute approximate surface area is 150 Å². The normalized spacial score (nSPS) is 12.0. The number of nitrogens with zero attached hydrogens (tertiary/aromatic N) is 1. The maximum absolute atomic E-state index is 13.3. The predicted octanol–water partition coefficient (Wildman–Crippen LogP) is 3.75. The van der Waals surface area contributed by atoms with Crippen LogP contribution in [0.5, 0.6) is 0 Å². The molecule has 0 fully saturated rings. The maximum atomic E-state index is 13.3. The number of halogens is 1. The summed E-state index contributed by atoms with van der Waals surface area (Å²) in [5, 5.41) is 2.84. The first kappa shape index (κ1) is 17.7. The molecule has 1 aromatic heterocycles. The molecule has 0 aliphatic rings. The molecule has 0 spiro atoms. The Morgan fingerprint density at radius 3 is 2.69 bits per heavy atom. The van der Waals surface area contributed by atoms with E-state index in [9.17, 15) is 14.0 Å². The lowest BCUT2D eigenvalue weighted by molar-refractivity contribution is -0.116. The summed E-state index contributed by atoms with van der Waals surface area (Å²) < 4.78 is 14.9. The summed E-state index contributed by atoms with van der Waals surface area (Å²) in [7, 11) is 0. The first-order valence-corrected chi connectivity index (χ1v) is 8.37. The van der Waals surface area contributed by atoms with Crippen LogP contribution in [0, 0.1) is 12.7 Å². The second-order valence-corrected chi connectivity index (χ2v) is 6.33. The van der Waals surface area contributed by atoms with Gasteiger partial charge in [-0.05, 0) is 48.7 Å². The second-order valence-electron chi connectivity index (χ2n) is 6.33. The van der Waals surface area contributed by atoms with Crippen LogP contribution in [-0.2, 0) is 4.79 Å². The Balaban J connectivity index is 1.72. The van der Waals surface area contributed by atoms with E-state index in [0.29, 0.717) is 11.4 Å². The lowest BCUT2D eigenvalue weighted by Crippen LogP contribution is -2.17. The first-order chi connectivity index (χ1) is 12.4. The van der Waals surface area contributed by atoms with Crippen LogP contribution < -0.4 is 11.0 Å². The molecule has 2 N–H and O–H groups in total. The van der Waals surface area contributed by atoms with Crippen molar-refractivity contribution in [1.82, 2.24) is 9.55 Å². The minimum absolute atomic E-state index is 0.108. The van der Waals surface area contributed by atoms with Crippen molar-refractivity contribution >= 4 is 11.6 Å². The number of imidazole rings is 1. The van der Waals surface area contributed by atoms with Gasteiger partial charge in [0.1, 0.15) is 5.82 Å². The topological polar surface area (TPSA) is 66.9 Å². The quantitative estimate of drug-likeness (QED) is 0.734. The number of nitrogens with one attached hydrogen (secondary N) is 2. The van der Waals surface area contributed by atoms with Crippen LogP contribution >= 0.6 is 0 Å². The number of aromatic amines is 1. The zero-order chi connectivity index (χ0) is 18.7. The largest absolute Gasteiger partial charge is 0.330 e. The van der Waals surface area contributed by atoms with Crippen LogP contribution in [0.2, 0.25) is 0 Å². The molecule has 0 aliphatic heterocycles. The van der Waals surface area contributed by atoms with Crippen molar-refractivity contribution in [2.45, 2.75) is 26.2 Å². The summed E-state index contributed by atoms with van der Waals surface area (Å²) in [6.45, 7) is 3.71. The Kier molecular flexibility index (Phi) is 5.02. The SMILES string of the molecule is Cc1c[nH]c(=O)n1-c1cccc(NC(=O)CC(C)c2cccc(F)c2)c1. The molecular weight excluding hydrogens is 333 g/mol. The minimum atomic E-state index is -0.310. The lowest BCUT2D eigenvalue weighted by Gasteiger charge is -2.13. The Hall–Kier alpha value is -3.15. The van der Waals surface area contributed by atoms with Crippen molar-refractivity contribution in [3.05, 3.63) is 82.3 Å². The average molecular weight is 353 g/mol. The van der Waals surface area contributed by atoms with Crippen LogP contribution in [0.15, 0.2) is 59.5 Å². The standard InChI is InChI=1S/C20H20FN3O2/c1-13(15-5-3-6-16(21)10-15)9-19(25)23-17-7-4-8-18(11-17)24-14(2)12-22-20(24)26/h3-8,10-13H,9H2,1-2H3,(H,22,26)(H,23,25). The molecular formula is C20H20FN3O2. The van der Waals surface area contributed by atoms with Crippen molar-refractivity contribution in [3.63, 3.8) is 0 Å². The predicted molar refractivity (Wildman–Crippen MR) is 99.2 cm³/mol. The van der Waals surface area contributed by atoms with E-state index in [-0.39, 0.29) is 29.8 Å². The number of benzene rings is 2. The highest BCUT2D eigenvalue weighted by atomic mass is 19.1. The van der Waals surface area contributed by atoms with Gasteiger partial charge in [-0.1, -0.05) is 25.1 Å². The highest BCUT2D eigenvalue weighted by Gasteiger charge is 2.13. The van der Waals surface area contributed by atoms with Gasteiger partial charge in [0, 0.05) is 24.0 Å². The van der Waals surface area contributed by atoms with Crippen LogP contribution in [0.3, 0.4) is 0 Å². The molecule has 1 amide bonds. The van der Waals surface area contributed by atoms with E-state index in [1.165, 1.54) is 16.7 Å². The summed E-state index contributed by atoms with van der Waals surface area (Å²) in [4.78, 5) is 26.9. The number of hydrogen-bond acceptors (Lipinski definition) is 2. The third kappa shape index (κ3) is 3.91. The average Bonchev–Trinajstić information content (AvgIpc) is 2.93. The molecule has 2 aromatic carbocycles. The van der Waals surface area contributed by atoms with Gasteiger partial charge in [0.2, 0.25) is 5.91 Å². The van der Waals surface area contributed by atoms with Gasteiger partial charge in [-0.3, -0.25) is 9.36 Å². The number of anilines is 1. The van der Waals surface area contributed by atoms with Gasteiger partial charge >= 0.3 is 5.69 Å². The third-order valence-electron chi connectivity index (χ3n) is 4.26. The molecule has 1 unspecified atom stereocenters. The molecule has 0 saturated carbocycles.